The van der Waals surface area contributed by atoms with Crippen LogP contribution in [-0.2, 0) is 20.3 Å². The summed E-state index contributed by atoms with van der Waals surface area (Å²) in [6, 6.07) is 0. The number of aliphatic hydroxyl groups excluding tert-OH is 1. The SMILES string of the molecule is CC(C)CN(CC(C)C)Cn1nc(CO)n(C)c1=S. The van der Waals surface area contributed by atoms with Crippen LogP contribution in [-0.4, -0.2) is 37.4 Å². The molecule has 6 heteroatoms. The van der Waals surface area contributed by atoms with Crippen molar-refractivity contribution in [2.24, 2.45) is 18.9 Å². The van der Waals surface area contributed by atoms with Gasteiger partial charge >= 0.3 is 0 Å². The Morgan fingerprint density at radius 1 is 1.21 bits per heavy atom. The van der Waals surface area contributed by atoms with E-state index in [0.29, 0.717) is 29.1 Å². The van der Waals surface area contributed by atoms with Crippen LogP contribution in [0.1, 0.15) is 33.5 Å². The zero-order valence-electron chi connectivity index (χ0n) is 12.6. The Kier molecular flexibility index (Phi) is 6.16. The highest BCUT2D eigenvalue weighted by Gasteiger charge is 2.13. The predicted octanol–water partition coefficient (Wildman–Crippen LogP) is 2.01. The van der Waals surface area contributed by atoms with E-state index < -0.39 is 0 Å². The van der Waals surface area contributed by atoms with E-state index in [1.54, 1.807) is 9.25 Å². The van der Waals surface area contributed by atoms with Gasteiger partial charge in [-0.2, -0.15) is 5.10 Å². The van der Waals surface area contributed by atoms with Gasteiger partial charge in [0.05, 0.1) is 6.67 Å². The van der Waals surface area contributed by atoms with Crippen LogP contribution in [0.5, 0.6) is 0 Å². The van der Waals surface area contributed by atoms with Gasteiger partial charge < -0.3 is 9.67 Å². The standard InChI is InChI=1S/C13H26N4OS/c1-10(2)6-16(7-11(3)4)9-17-13(19)15(5)12(8-18)14-17/h10-11,18H,6-9H2,1-5H3. The summed E-state index contributed by atoms with van der Waals surface area (Å²) in [6.07, 6.45) is 0. The van der Waals surface area contributed by atoms with E-state index in [0.717, 1.165) is 13.1 Å². The average molecular weight is 286 g/mol. The van der Waals surface area contributed by atoms with E-state index in [-0.39, 0.29) is 6.61 Å². The Balaban J connectivity index is 2.86. The quantitative estimate of drug-likeness (QED) is 0.779. The molecule has 19 heavy (non-hydrogen) atoms. The largest absolute Gasteiger partial charge is 0.388 e. The zero-order valence-corrected chi connectivity index (χ0v) is 13.4. The van der Waals surface area contributed by atoms with E-state index in [4.69, 9.17) is 12.2 Å². The third-order valence-electron chi connectivity index (χ3n) is 2.85. The molecule has 0 saturated carbocycles. The van der Waals surface area contributed by atoms with Gasteiger partial charge in [-0.3, -0.25) is 4.90 Å². The van der Waals surface area contributed by atoms with E-state index in [9.17, 15) is 5.11 Å². The van der Waals surface area contributed by atoms with Crippen LogP contribution in [0.15, 0.2) is 0 Å². The molecule has 0 saturated heterocycles. The topological polar surface area (TPSA) is 46.2 Å². The molecule has 5 nitrogen and oxygen atoms in total. The van der Waals surface area contributed by atoms with Crippen LogP contribution in [0.2, 0.25) is 0 Å². The number of aliphatic hydroxyl groups is 1. The van der Waals surface area contributed by atoms with Gasteiger partial charge in [0, 0.05) is 20.1 Å². The summed E-state index contributed by atoms with van der Waals surface area (Å²) in [4.78, 5) is 2.36. The van der Waals surface area contributed by atoms with E-state index >= 15 is 0 Å². The Morgan fingerprint density at radius 3 is 2.11 bits per heavy atom. The molecule has 1 aromatic heterocycles. The van der Waals surface area contributed by atoms with E-state index in [2.05, 4.69) is 37.7 Å². The minimum atomic E-state index is -0.0818. The summed E-state index contributed by atoms with van der Waals surface area (Å²) in [7, 11) is 1.84. The summed E-state index contributed by atoms with van der Waals surface area (Å²) < 4.78 is 4.21. The highest BCUT2D eigenvalue weighted by molar-refractivity contribution is 7.71. The normalized spacial score (nSPS) is 12.1. The summed E-state index contributed by atoms with van der Waals surface area (Å²) in [5, 5.41) is 13.6. The maximum atomic E-state index is 9.22. The highest BCUT2D eigenvalue weighted by Crippen LogP contribution is 2.07. The molecule has 1 rings (SSSR count). The molecule has 0 unspecified atom stereocenters. The summed E-state index contributed by atoms with van der Waals surface area (Å²) in [6.45, 7) is 11.5. The monoisotopic (exact) mass is 286 g/mol. The Bertz CT molecular complexity index is 440. The number of aromatic nitrogens is 3. The predicted molar refractivity (Wildman–Crippen MR) is 79.2 cm³/mol. The number of hydrogen-bond donors (Lipinski definition) is 1. The van der Waals surface area contributed by atoms with Gasteiger partial charge in [-0.1, -0.05) is 27.7 Å². The van der Waals surface area contributed by atoms with Gasteiger partial charge in [0.15, 0.2) is 10.6 Å². The summed E-state index contributed by atoms with van der Waals surface area (Å²) in [5.41, 5.74) is 0. The van der Waals surface area contributed by atoms with Crippen molar-refractivity contribution in [3.63, 3.8) is 0 Å². The fourth-order valence-electron chi connectivity index (χ4n) is 2.17. The second-order valence-corrected chi connectivity index (χ2v) is 6.25. The van der Waals surface area contributed by atoms with Gasteiger partial charge in [0.25, 0.3) is 0 Å². The second kappa shape index (κ2) is 7.17. The third-order valence-corrected chi connectivity index (χ3v) is 3.34. The summed E-state index contributed by atoms with van der Waals surface area (Å²) >= 11 is 5.35. The minimum Gasteiger partial charge on any atom is -0.388 e. The van der Waals surface area contributed by atoms with Crippen LogP contribution in [0.25, 0.3) is 0 Å². The van der Waals surface area contributed by atoms with E-state index in [1.807, 2.05) is 7.05 Å². The van der Waals surface area contributed by atoms with Crippen molar-refractivity contribution >= 4 is 12.2 Å². The van der Waals surface area contributed by atoms with Gasteiger partial charge in [-0.25, -0.2) is 4.68 Å². The third kappa shape index (κ3) is 4.71. The number of nitrogens with zero attached hydrogens (tertiary/aromatic N) is 4. The zero-order chi connectivity index (χ0) is 14.6. The van der Waals surface area contributed by atoms with Crippen LogP contribution in [0.4, 0.5) is 0 Å². The molecular formula is C13H26N4OS. The maximum Gasteiger partial charge on any atom is 0.198 e. The first-order valence-corrected chi connectivity index (χ1v) is 7.21. The van der Waals surface area contributed by atoms with Gasteiger partial charge in [-0.15, -0.1) is 0 Å². The van der Waals surface area contributed by atoms with Crippen molar-refractivity contribution in [1.29, 1.82) is 0 Å². The van der Waals surface area contributed by atoms with Crippen molar-refractivity contribution in [2.75, 3.05) is 13.1 Å². The first-order chi connectivity index (χ1) is 8.85. The molecule has 0 aliphatic rings. The molecular weight excluding hydrogens is 260 g/mol. The molecule has 110 valence electrons. The number of hydrogen-bond acceptors (Lipinski definition) is 4. The van der Waals surface area contributed by atoms with Crippen molar-refractivity contribution in [1.82, 2.24) is 19.2 Å². The molecule has 0 aliphatic carbocycles. The molecule has 0 radical (unpaired) electrons. The highest BCUT2D eigenvalue weighted by atomic mass is 32.1. The molecule has 0 amide bonds. The van der Waals surface area contributed by atoms with Crippen molar-refractivity contribution in [3.8, 4) is 0 Å². The van der Waals surface area contributed by atoms with Crippen molar-refractivity contribution in [3.05, 3.63) is 10.6 Å². The molecule has 1 heterocycles. The second-order valence-electron chi connectivity index (χ2n) is 5.88. The van der Waals surface area contributed by atoms with Crippen molar-refractivity contribution < 1.29 is 5.11 Å². The average Bonchev–Trinajstić information content (AvgIpc) is 2.55. The Hall–Kier alpha value is -0.720. The molecule has 0 bridgehead atoms. The maximum absolute atomic E-state index is 9.22. The van der Waals surface area contributed by atoms with Gasteiger partial charge in [0.2, 0.25) is 0 Å². The first-order valence-electron chi connectivity index (χ1n) is 6.81. The lowest BCUT2D eigenvalue weighted by Crippen LogP contribution is -2.33. The Morgan fingerprint density at radius 2 is 1.74 bits per heavy atom. The fraction of sp³-hybridized carbons (Fsp3) is 0.846. The van der Waals surface area contributed by atoms with Crippen LogP contribution >= 0.6 is 12.2 Å². The molecule has 0 aromatic carbocycles. The van der Waals surface area contributed by atoms with Crippen LogP contribution in [0, 0.1) is 16.6 Å². The lowest BCUT2D eigenvalue weighted by atomic mass is 10.1. The van der Waals surface area contributed by atoms with Crippen LogP contribution in [0.3, 0.4) is 0 Å². The van der Waals surface area contributed by atoms with Crippen LogP contribution < -0.4 is 0 Å². The van der Waals surface area contributed by atoms with Gasteiger partial charge in [0.1, 0.15) is 6.61 Å². The lowest BCUT2D eigenvalue weighted by Gasteiger charge is -2.25. The lowest BCUT2D eigenvalue weighted by molar-refractivity contribution is 0.163. The first kappa shape index (κ1) is 16.3. The molecule has 1 N–H and O–H groups in total. The smallest absolute Gasteiger partial charge is 0.198 e. The van der Waals surface area contributed by atoms with E-state index in [1.165, 1.54) is 0 Å². The number of rotatable bonds is 7. The molecule has 0 fully saturated rings. The molecule has 0 spiro atoms. The van der Waals surface area contributed by atoms with Crippen molar-refractivity contribution in [2.45, 2.75) is 41.0 Å². The minimum absolute atomic E-state index is 0.0818. The molecule has 1 aromatic rings. The van der Waals surface area contributed by atoms with Gasteiger partial charge in [-0.05, 0) is 24.1 Å². The Labute approximate surface area is 120 Å². The molecule has 0 atom stereocenters. The molecule has 0 aliphatic heterocycles. The fourth-order valence-corrected chi connectivity index (χ4v) is 2.38. The summed E-state index contributed by atoms with van der Waals surface area (Å²) in [5.74, 6) is 1.82.